The van der Waals surface area contributed by atoms with Gasteiger partial charge in [0.1, 0.15) is 5.56 Å². The molecule has 0 radical (unpaired) electrons. The molecule has 0 spiro atoms. The Morgan fingerprint density at radius 1 is 1.41 bits per heavy atom. The third-order valence-corrected chi connectivity index (χ3v) is 6.02. The Kier molecular flexibility index (Phi) is 5.05. The van der Waals surface area contributed by atoms with Crippen LogP contribution in [0.4, 0.5) is 10.1 Å². The number of hydrogen-bond acceptors (Lipinski definition) is 6. The van der Waals surface area contributed by atoms with Crippen LogP contribution in [0.3, 0.4) is 0 Å². The van der Waals surface area contributed by atoms with E-state index >= 15 is 4.39 Å². The molecule has 9 heteroatoms. The number of nitrogens with two attached hydrogens (primary N) is 1. The molecule has 2 fully saturated rings. The molecule has 8 nitrogen and oxygen atoms in total. The van der Waals surface area contributed by atoms with Crippen molar-refractivity contribution in [3.8, 4) is 0 Å². The Bertz CT molecular complexity index is 1030. The van der Waals surface area contributed by atoms with Gasteiger partial charge in [0, 0.05) is 19.0 Å². The van der Waals surface area contributed by atoms with Crippen molar-refractivity contribution in [3.05, 3.63) is 45.1 Å². The first-order chi connectivity index (χ1) is 13.9. The van der Waals surface area contributed by atoms with Crippen molar-refractivity contribution >= 4 is 17.2 Å². The first-order valence-electron chi connectivity index (χ1n) is 9.72. The van der Waals surface area contributed by atoms with Gasteiger partial charge in [-0.1, -0.05) is 0 Å². The molecule has 1 saturated carbocycles. The number of pyridine rings is 2. The summed E-state index contributed by atoms with van der Waals surface area (Å²) in [4.78, 5) is 31.2. The number of hydroxylamine groups is 1. The van der Waals surface area contributed by atoms with E-state index in [1.165, 1.54) is 13.2 Å². The zero-order valence-electron chi connectivity index (χ0n) is 16.4. The molecule has 156 valence electrons. The predicted octanol–water partition coefficient (Wildman–Crippen LogP) is 1.24. The van der Waals surface area contributed by atoms with Crippen LogP contribution in [0.25, 0.3) is 5.52 Å². The smallest absolute Gasteiger partial charge is 0.341 e. The highest BCUT2D eigenvalue weighted by atomic mass is 19.1. The summed E-state index contributed by atoms with van der Waals surface area (Å²) in [5.41, 5.74) is 10.2. The van der Waals surface area contributed by atoms with Crippen LogP contribution < -0.4 is 21.7 Å². The first kappa shape index (κ1) is 19.8. The third kappa shape index (κ3) is 3.29. The number of carbonyl (C=O) groups is 1. The second kappa shape index (κ2) is 7.40. The summed E-state index contributed by atoms with van der Waals surface area (Å²) >= 11 is 0. The summed E-state index contributed by atoms with van der Waals surface area (Å²) in [7, 11) is 1.53. The van der Waals surface area contributed by atoms with Gasteiger partial charge in [-0.15, -0.1) is 0 Å². The Labute approximate surface area is 167 Å². The fraction of sp³-hybridized carbons (Fsp3) is 0.500. The number of anilines is 1. The lowest BCUT2D eigenvalue weighted by Crippen LogP contribution is -2.38. The fourth-order valence-corrected chi connectivity index (χ4v) is 4.47. The summed E-state index contributed by atoms with van der Waals surface area (Å²) < 4.78 is 16.4. The van der Waals surface area contributed by atoms with Crippen molar-refractivity contribution in [2.45, 2.75) is 31.7 Å². The normalized spacial score (nSPS) is 21.9. The van der Waals surface area contributed by atoms with E-state index in [1.807, 2.05) is 4.90 Å². The van der Waals surface area contributed by atoms with E-state index in [0.29, 0.717) is 36.4 Å². The number of rotatable bonds is 6. The fourth-order valence-electron chi connectivity index (χ4n) is 4.47. The van der Waals surface area contributed by atoms with Gasteiger partial charge in [-0.05, 0) is 49.4 Å². The van der Waals surface area contributed by atoms with Gasteiger partial charge in [0.05, 0.1) is 30.6 Å². The summed E-state index contributed by atoms with van der Waals surface area (Å²) in [6.45, 7) is 3.29. The number of carboxylic acid groups (broad SMARTS) is 1. The van der Waals surface area contributed by atoms with E-state index in [4.69, 9.17) is 10.6 Å². The Morgan fingerprint density at radius 3 is 2.72 bits per heavy atom. The second-order valence-corrected chi connectivity index (χ2v) is 7.90. The van der Waals surface area contributed by atoms with Gasteiger partial charge < -0.3 is 20.6 Å². The van der Waals surface area contributed by atoms with Crippen LogP contribution in [0.1, 0.15) is 40.2 Å². The zero-order chi connectivity index (χ0) is 20.9. The molecule has 0 amide bonds. The maximum atomic E-state index is 15.2. The Balaban J connectivity index is 1.89. The average Bonchev–Trinajstić information content (AvgIpc) is 3.44. The minimum atomic E-state index is -1.30. The van der Waals surface area contributed by atoms with Crippen LogP contribution >= 0.6 is 0 Å². The summed E-state index contributed by atoms with van der Waals surface area (Å²) in [6.07, 6.45) is 2.97. The molecule has 2 aliphatic rings. The summed E-state index contributed by atoms with van der Waals surface area (Å²) in [5.74, 6) is -1.58. The highest BCUT2D eigenvalue weighted by Gasteiger charge is 2.36. The summed E-state index contributed by atoms with van der Waals surface area (Å²) in [6, 6.07) is 1.42. The number of aromatic nitrogens is 1. The highest BCUT2D eigenvalue weighted by Crippen LogP contribution is 2.44. The number of fused-ring (bicyclic) bond motifs is 1. The lowest BCUT2D eigenvalue weighted by molar-refractivity contribution is 0.0549. The SMILES string of the molecule is CONC1CN(c2c(F)cn3c(=O)c(C(=O)O)cc(C4CC4)c3c2C)CC1CN. The number of nitrogens with zero attached hydrogens (tertiary/aromatic N) is 2. The molecule has 2 aromatic rings. The summed E-state index contributed by atoms with van der Waals surface area (Å²) in [5, 5.41) is 9.41. The number of hydrogen-bond donors (Lipinski definition) is 3. The molecule has 2 atom stereocenters. The van der Waals surface area contributed by atoms with Crippen molar-refractivity contribution in [3.63, 3.8) is 0 Å². The van der Waals surface area contributed by atoms with Crippen LogP contribution in [0, 0.1) is 18.7 Å². The van der Waals surface area contributed by atoms with E-state index in [9.17, 15) is 14.7 Å². The number of nitrogens with one attached hydrogen (secondary N) is 1. The van der Waals surface area contributed by atoms with E-state index < -0.39 is 17.3 Å². The zero-order valence-corrected chi connectivity index (χ0v) is 16.4. The molecule has 2 aromatic heterocycles. The number of halogens is 1. The molecule has 2 unspecified atom stereocenters. The van der Waals surface area contributed by atoms with E-state index in [2.05, 4.69) is 5.48 Å². The molecule has 3 heterocycles. The minimum absolute atomic E-state index is 0.0421. The van der Waals surface area contributed by atoms with Gasteiger partial charge in [0.15, 0.2) is 5.82 Å². The molecule has 4 N–H and O–H groups in total. The van der Waals surface area contributed by atoms with Crippen LogP contribution in [0.2, 0.25) is 0 Å². The molecule has 29 heavy (non-hydrogen) atoms. The lowest BCUT2D eigenvalue weighted by Gasteiger charge is -2.24. The molecule has 4 rings (SSSR count). The van der Waals surface area contributed by atoms with E-state index in [0.717, 1.165) is 29.0 Å². The maximum absolute atomic E-state index is 15.2. The van der Waals surface area contributed by atoms with E-state index in [1.54, 1.807) is 6.92 Å². The third-order valence-electron chi connectivity index (χ3n) is 6.02. The molecule has 0 aromatic carbocycles. The van der Waals surface area contributed by atoms with Gasteiger partial charge in [-0.3, -0.25) is 9.20 Å². The van der Waals surface area contributed by atoms with Crippen molar-refractivity contribution in [2.75, 3.05) is 31.6 Å². The van der Waals surface area contributed by atoms with Gasteiger partial charge >= 0.3 is 5.97 Å². The quantitative estimate of drug-likeness (QED) is 0.622. The average molecular weight is 404 g/mol. The Hall–Kier alpha value is -2.49. The highest BCUT2D eigenvalue weighted by molar-refractivity contribution is 5.89. The van der Waals surface area contributed by atoms with E-state index in [-0.39, 0.29) is 23.4 Å². The molecule has 1 aliphatic carbocycles. The van der Waals surface area contributed by atoms with Crippen molar-refractivity contribution in [1.29, 1.82) is 0 Å². The Morgan fingerprint density at radius 2 is 2.14 bits per heavy atom. The molecular weight excluding hydrogens is 379 g/mol. The number of aromatic carboxylic acids is 1. The topological polar surface area (TPSA) is 109 Å². The van der Waals surface area contributed by atoms with Gasteiger partial charge in [0.25, 0.3) is 5.56 Å². The van der Waals surface area contributed by atoms with Crippen molar-refractivity contribution in [1.82, 2.24) is 9.88 Å². The second-order valence-electron chi connectivity index (χ2n) is 7.90. The lowest BCUT2D eigenvalue weighted by atomic mass is 10.0. The molecular formula is C20H25FN4O4. The monoisotopic (exact) mass is 404 g/mol. The van der Waals surface area contributed by atoms with Gasteiger partial charge in [-0.2, -0.15) is 5.48 Å². The number of aryl methyl sites for hydroxylation is 1. The van der Waals surface area contributed by atoms with Crippen LogP contribution in [-0.4, -0.2) is 48.3 Å². The largest absolute Gasteiger partial charge is 0.477 e. The maximum Gasteiger partial charge on any atom is 0.341 e. The standard InChI is InChI=1S/C20H25FN4O4/c1-10-17-13(11-3-4-11)5-14(20(27)28)19(26)25(17)8-15(21)18(10)24-7-12(6-22)16(9-24)23-29-2/h5,8,11-12,16,23H,3-4,6-7,9,22H2,1-2H3,(H,27,28). The van der Waals surface area contributed by atoms with Gasteiger partial charge in [-0.25, -0.2) is 9.18 Å². The number of carboxylic acids is 1. The molecule has 0 bridgehead atoms. The minimum Gasteiger partial charge on any atom is -0.477 e. The predicted molar refractivity (Wildman–Crippen MR) is 106 cm³/mol. The molecule has 1 saturated heterocycles. The van der Waals surface area contributed by atoms with Crippen molar-refractivity contribution in [2.24, 2.45) is 11.7 Å². The van der Waals surface area contributed by atoms with Crippen LogP contribution in [0.5, 0.6) is 0 Å². The van der Waals surface area contributed by atoms with Crippen LogP contribution in [0.15, 0.2) is 17.1 Å². The first-order valence-corrected chi connectivity index (χ1v) is 9.72. The van der Waals surface area contributed by atoms with Crippen LogP contribution in [-0.2, 0) is 4.84 Å². The molecule has 1 aliphatic heterocycles. The van der Waals surface area contributed by atoms with Crippen molar-refractivity contribution < 1.29 is 19.1 Å². The van der Waals surface area contributed by atoms with Gasteiger partial charge in [0.2, 0.25) is 0 Å².